The molecule has 4 nitrogen and oxygen atoms in total. The van der Waals surface area contributed by atoms with Crippen LogP contribution in [-0.4, -0.2) is 17.6 Å². The van der Waals surface area contributed by atoms with Crippen LogP contribution in [0.2, 0.25) is 0 Å². The van der Waals surface area contributed by atoms with E-state index >= 15 is 0 Å². The van der Waals surface area contributed by atoms with Crippen molar-refractivity contribution < 1.29 is 14.3 Å². The molecule has 0 fully saturated rings. The van der Waals surface area contributed by atoms with Crippen LogP contribution in [0.5, 0.6) is 0 Å². The van der Waals surface area contributed by atoms with Gasteiger partial charge in [-0.15, -0.1) is 0 Å². The van der Waals surface area contributed by atoms with Crippen molar-refractivity contribution in [3.63, 3.8) is 0 Å². The van der Waals surface area contributed by atoms with Gasteiger partial charge in [-0.05, 0) is 17.7 Å². The summed E-state index contributed by atoms with van der Waals surface area (Å²) >= 11 is 0. The van der Waals surface area contributed by atoms with E-state index in [1.54, 1.807) is 6.07 Å². The van der Waals surface area contributed by atoms with E-state index in [1.165, 1.54) is 12.1 Å². The van der Waals surface area contributed by atoms with E-state index in [-0.39, 0.29) is 12.1 Å². The van der Waals surface area contributed by atoms with Gasteiger partial charge in [-0.25, -0.2) is 4.39 Å². The topological polar surface area (TPSA) is 87.1 Å². The van der Waals surface area contributed by atoms with Crippen molar-refractivity contribution in [2.24, 2.45) is 5.73 Å². The second-order valence-electron chi connectivity index (χ2n) is 2.98. The average Bonchev–Trinajstić information content (AvgIpc) is 2.21. The molecule has 1 atom stereocenters. The first-order valence-electron chi connectivity index (χ1n) is 4.22. The van der Waals surface area contributed by atoms with Crippen molar-refractivity contribution in [2.75, 3.05) is 6.54 Å². The summed E-state index contributed by atoms with van der Waals surface area (Å²) < 4.78 is 12.9. The standard InChI is InChI=1S/C10H9FN2O2/c11-9-2-1-6(3-7(9)4-12)8(5-13)10(14)15/h1-3,8H,5,13H2,(H,14,15). The number of rotatable bonds is 3. The van der Waals surface area contributed by atoms with E-state index in [9.17, 15) is 9.18 Å². The first-order valence-corrected chi connectivity index (χ1v) is 4.22. The number of nitrogens with zero attached hydrogens (tertiary/aromatic N) is 1. The number of halogens is 1. The van der Waals surface area contributed by atoms with Gasteiger partial charge in [0.15, 0.2) is 0 Å². The monoisotopic (exact) mass is 208 g/mol. The van der Waals surface area contributed by atoms with Crippen LogP contribution in [-0.2, 0) is 4.79 Å². The van der Waals surface area contributed by atoms with Crippen molar-refractivity contribution in [2.45, 2.75) is 5.92 Å². The van der Waals surface area contributed by atoms with Crippen LogP contribution >= 0.6 is 0 Å². The molecular weight excluding hydrogens is 199 g/mol. The molecule has 0 spiro atoms. The number of aliphatic carboxylic acids is 1. The summed E-state index contributed by atoms with van der Waals surface area (Å²) in [5.74, 6) is -2.66. The zero-order valence-corrected chi connectivity index (χ0v) is 7.77. The molecule has 0 aromatic heterocycles. The third-order valence-corrected chi connectivity index (χ3v) is 2.05. The van der Waals surface area contributed by atoms with Crippen LogP contribution in [0.25, 0.3) is 0 Å². The first kappa shape index (κ1) is 11.1. The van der Waals surface area contributed by atoms with Crippen molar-refractivity contribution >= 4 is 5.97 Å². The molecular formula is C10H9FN2O2. The summed E-state index contributed by atoms with van der Waals surface area (Å²) in [7, 11) is 0. The highest BCUT2D eigenvalue weighted by molar-refractivity contribution is 5.76. The lowest BCUT2D eigenvalue weighted by Gasteiger charge is -2.09. The number of carboxylic acid groups (broad SMARTS) is 1. The molecule has 0 saturated heterocycles. The molecule has 3 N–H and O–H groups in total. The lowest BCUT2D eigenvalue weighted by atomic mass is 9.97. The van der Waals surface area contributed by atoms with Gasteiger partial charge in [0.25, 0.3) is 0 Å². The minimum Gasteiger partial charge on any atom is -0.481 e. The fraction of sp³-hybridized carbons (Fsp3) is 0.200. The Bertz CT molecular complexity index is 426. The highest BCUT2D eigenvalue weighted by Gasteiger charge is 2.19. The molecule has 78 valence electrons. The molecule has 1 unspecified atom stereocenters. The van der Waals surface area contributed by atoms with Gasteiger partial charge in [0.2, 0.25) is 0 Å². The van der Waals surface area contributed by atoms with E-state index in [1.807, 2.05) is 0 Å². The van der Waals surface area contributed by atoms with Crippen molar-refractivity contribution in [1.29, 1.82) is 5.26 Å². The fourth-order valence-electron chi connectivity index (χ4n) is 1.22. The molecule has 0 amide bonds. The summed E-state index contributed by atoms with van der Waals surface area (Å²) in [4.78, 5) is 10.8. The van der Waals surface area contributed by atoms with Crippen molar-refractivity contribution in [1.82, 2.24) is 0 Å². The summed E-state index contributed by atoms with van der Waals surface area (Å²) in [6, 6.07) is 5.24. The Balaban J connectivity index is 3.16. The van der Waals surface area contributed by atoms with E-state index < -0.39 is 17.7 Å². The van der Waals surface area contributed by atoms with Gasteiger partial charge in [-0.2, -0.15) is 5.26 Å². The Morgan fingerprint density at radius 2 is 2.33 bits per heavy atom. The lowest BCUT2D eigenvalue weighted by molar-refractivity contribution is -0.138. The molecule has 0 aliphatic rings. The van der Waals surface area contributed by atoms with Crippen LogP contribution in [0.3, 0.4) is 0 Å². The maximum atomic E-state index is 12.9. The zero-order chi connectivity index (χ0) is 11.4. The van der Waals surface area contributed by atoms with Crippen molar-refractivity contribution in [3.8, 4) is 6.07 Å². The molecule has 5 heteroatoms. The Morgan fingerprint density at radius 1 is 1.67 bits per heavy atom. The Kier molecular flexibility index (Phi) is 3.37. The van der Waals surface area contributed by atoms with Crippen LogP contribution in [0, 0.1) is 17.1 Å². The SMILES string of the molecule is N#Cc1cc(C(CN)C(=O)O)ccc1F. The van der Waals surface area contributed by atoms with E-state index in [0.717, 1.165) is 6.07 Å². The van der Waals surface area contributed by atoms with Crippen LogP contribution < -0.4 is 5.73 Å². The van der Waals surface area contributed by atoms with Gasteiger partial charge in [0.1, 0.15) is 11.9 Å². The highest BCUT2D eigenvalue weighted by Crippen LogP contribution is 2.18. The third-order valence-electron chi connectivity index (χ3n) is 2.05. The largest absolute Gasteiger partial charge is 0.481 e. The Hall–Kier alpha value is -1.93. The molecule has 15 heavy (non-hydrogen) atoms. The van der Waals surface area contributed by atoms with E-state index in [2.05, 4.69) is 0 Å². The smallest absolute Gasteiger partial charge is 0.312 e. The molecule has 1 rings (SSSR count). The maximum absolute atomic E-state index is 12.9. The van der Waals surface area contributed by atoms with Crippen LogP contribution in [0.1, 0.15) is 17.0 Å². The number of hydrogen-bond acceptors (Lipinski definition) is 3. The predicted octanol–water partition coefficient (Wildman–Crippen LogP) is 0.824. The minimum atomic E-state index is -1.09. The van der Waals surface area contributed by atoms with Gasteiger partial charge in [0.05, 0.1) is 11.5 Å². The fourth-order valence-corrected chi connectivity index (χ4v) is 1.22. The molecule has 0 saturated carbocycles. The molecule has 0 bridgehead atoms. The molecule has 1 aromatic rings. The van der Waals surface area contributed by atoms with Gasteiger partial charge in [-0.1, -0.05) is 6.07 Å². The second-order valence-corrected chi connectivity index (χ2v) is 2.98. The number of nitriles is 1. The predicted molar refractivity (Wildman–Crippen MR) is 50.5 cm³/mol. The Morgan fingerprint density at radius 3 is 2.80 bits per heavy atom. The second kappa shape index (κ2) is 4.53. The Labute approximate surface area is 85.7 Å². The van der Waals surface area contributed by atoms with Gasteiger partial charge < -0.3 is 10.8 Å². The molecule has 1 aromatic carbocycles. The number of hydrogen-bond donors (Lipinski definition) is 2. The maximum Gasteiger partial charge on any atom is 0.312 e. The zero-order valence-electron chi connectivity index (χ0n) is 7.77. The first-order chi connectivity index (χ1) is 7.10. The molecule has 0 heterocycles. The number of carbonyl (C=O) groups is 1. The summed E-state index contributed by atoms with van der Waals surface area (Å²) in [6.07, 6.45) is 0. The normalized spacial score (nSPS) is 11.8. The average molecular weight is 208 g/mol. The summed E-state index contributed by atoms with van der Waals surface area (Å²) in [5.41, 5.74) is 5.44. The number of nitrogens with two attached hydrogens (primary N) is 1. The molecule has 0 aliphatic carbocycles. The molecule has 0 radical (unpaired) electrons. The van der Waals surface area contributed by atoms with Gasteiger partial charge >= 0.3 is 5.97 Å². The third kappa shape index (κ3) is 2.30. The number of benzene rings is 1. The molecule has 0 aliphatic heterocycles. The van der Waals surface area contributed by atoms with Crippen LogP contribution in [0.4, 0.5) is 4.39 Å². The minimum absolute atomic E-state index is 0.0914. The van der Waals surface area contributed by atoms with E-state index in [0.29, 0.717) is 5.56 Å². The van der Waals surface area contributed by atoms with Gasteiger partial charge in [-0.3, -0.25) is 4.79 Å². The summed E-state index contributed by atoms with van der Waals surface area (Å²) in [6.45, 7) is -0.0914. The lowest BCUT2D eigenvalue weighted by Crippen LogP contribution is -2.21. The highest BCUT2D eigenvalue weighted by atomic mass is 19.1. The van der Waals surface area contributed by atoms with Gasteiger partial charge in [0, 0.05) is 6.54 Å². The van der Waals surface area contributed by atoms with E-state index in [4.69, 9.17) is 16.1 Å². The van der Waals surface area contributed by atoms with Crippen molar-refractivity contribution in [3.05, 3.63) is 35.1 Å². The van der Waals surface area contributed by atoms with Crippen LogP contribution in [0.15, 0.2) is 18.2 Å². The number of carboxylic acids is 1. The summed E-state index contributed by atoms with van der Waals surface area (Å²) in [5, 5.41) is 17.4. The quantitative estimate of drug-likeness (QED) is 0.769.